The Hall–Kier alpha value is -3.88. The van der Waals surface area contributed by atoms with Crippen LogP contribution in [0.5, 0.6) is 11.6 Å². The lowest BCUT2D eigenvalue weighted by molar-refractivity contribution is 0.0745. The van der Waals surface area contributed by atoms with E-state index in [1.165, 1.54) is 0 Å². The Kier molecular flexibility index (Phi) is 6.87. The smallest absolute Gasteiger partial charge is 0.255 e. The van der Waals surface area contributed by atoms with Crippen LogP contribution in [0, 0.1) is 6.92 Å². The molecule has 0 aliphatic carbocycles. The first kappa shape index (κ1) is 22.3. The zero-order valence-electron chi connectivity index (χ0n) is 19.1. The lowest BCUT2D eigenvalue weighted by Gasteiger charge is -2.35. The predicted octanol–water partition coefficient (Wildman–Crippen LogP) is 3.29. The van der Waals surface area contributed by atoms with Crippen LogP contribution in [0.25, 0.3) is 0 Å². The number of nitrogens with one attached hydrogen (secondary N) is 1. The van der Waals surface area contributed by atoms with E-state index in [4.69, 9.17) is 14.5 Å². The lowest BCUT2D eigenvalue weighted by atomic mass is 10.2. The summed E-state index contributed by atoms with van der Waals surface area (Å²) < 4.78 is 10.6. The normalized spacial score (nSPS) is 13.5. The Morgan fingerprint density at radius 1 is 1.06 bits per heavy atom. The third kappa shape index (κ3) is 5.49. The van der Waals surface area contributed by atoms with Gasteiger partial charge in [0.15, 0.2) is 0 Å². The third-order valence-corrected chi connectivity index (χ3v) is 5.33. The van der Waals surface area contributed by atoms with Gasteiger partial charge < -0.3 is 24.6 Å². The van der Waals surface area contributed by atoms with Gasteiger partial charge in [-0.1, -0.05) is 0 Å². The van der Waals surface area contributed by atoms with Gasteiger partial charge in [0, 0.05) is 55.9 Å². The summed E-state index contributed by atoms with van der Waals surface area (Å²) in [7, 11) is 1.64. The summed E-state index contributed by atoms with van der Waals surface area (Å²) in [5.74, 6) is 2.67. The maximum atomic E-state index is 12.8. The zero-order chi connectivity index (χ0) is 23.2. The van der Waals surface area contributed by atoms with Crippen LogP contribution in [-0.4, -0.2) is 65.7 Å². The predicted molar refractivity (Wildman–Crippen MR) is 127 cm³/mol. The molecule has 9 heteroatoms. The minimum absolute atomic E-state index is 0.0304. The van der Waals surface area contributed by atoms with E-state index in [0.717, 1.165) is 22.9 Å². The molecule has 1 aromatic carbocycles. The maximum Gasteiger partial charge on any atom is 0.255 e. The maximum absolute atomic E-state index is 12.8. The van der Waals surface area contributed by atoms with Crippen molar-refractivity contribution in [3.63, 3.8) is 0 Å². The molecule has 0 spiro atoms. The summed E-state index contributed by atoms with van der Waals surface area (Å²) in [5, 5.41) is 3.32. The molecule has 0 radical (unpaired) electrons. The number of methoxy groups -OCH3 is 1. The van der Waals surface area contributed by atoms with Crippen LogP contribution in [0.1, 0.15) is 23.0 Å². The number of pyridine rings is 1. The number of nitrogens with zero attached hydrogens (tertiary/aromatic N) is 5. The Labute approximate surface area is 193 Å². The molecule has 1 aliphatic heterocycles. The Balaban J connectivity index is 1.39. The van der Waals surface area contributed by atoms with Crippen molar-refractivity contribution >= 4 is 23.4 Å². The highest BCUT2D eigenvalue weighted by atomic mass is 16.5. The number of amides is 1. The first-order chi connectivity index (χ1) is 16.1. The van der Waals surface area contributed by atoms with Gasteiger partial charge in [-0.25, -0.2) is 9.97 Å². The molecule has 1 amide bonds. The van der Waals surface area contributed by atoms with Gasteiger partial charge in [-0.2, -0.15) is 4.98 Å². The van der Waals surface area contributed by atoms with Crippen molar-refractivity contribution in [2.45, 2.75) is 13.8 Å². The number of anilines is 3. The Morgan fingerprint density at radius 2 is 1.82 bits per heavy atom. The highest BCUT2D eigenvalue weighted by Crippen LogP contribution is 2.22. The van der Waals surface area contributed by atoms with Gasteiger partial charge in [-0.05, 0) is 44.2 Å². The van der Waals surface area contributed by atoms with Crippen molar-refractivity contribution in [3.8, 4) is 11.6 Å². The molecule has 4 rings (SSSR count). The second kappa shape index (κ2) is 10.2. The van der Waals surface area contributed by atoms with Crippen molar-refractivity contribution in [1.29, 1.82) is 0 Å². The number of carbonyl (C=O) groups excluding carboxylic acids is 1. The van der Waals surface area contributed by atoms with Crippen LogP contribution in [0.3, 0.4) is 0 Å². The number of hydrogen-bond donors (Lipinski definition) is 1. The van der Waals surface area contributed by atoms with Crippen LogP contribution in [0.15, 0.2) is 48.7 Å². The molecule has 0 saturated carbocycles. The highest BCUT2D eigenvalue weighted by Gasteiger charge is 2.24. The number of ether oxygens (including phenoxy) is 2. The standard InChI is InChI=1S/C24H28N6O3/c1-4-33-22-10-5-18(16-25-22)23(31)29-11-13-30(14-12-29)24-26-17(2)15-21(28-24)27-19-6-8-20(32-3)9-7-19/h5-10,15-16H,4,11-14H2,1-3H3,(H,26,27,28). The average Bonchev–Trinajstić information content (AvgIpc) is 2.84. The number of benzene rings is 1. The fourth-order valence-corrected chi connectivity index (χ4v) is 3.61. The summed E-state index contributed by atoms with van der Waals surface area (Å²) in [4.78, 5) is 30.3. The SMILES string of the molecule is CCOc1ccc(C(=O)N2CCN(c3nc(C)cc(Nc4ccc(OC)cc4)n3)CC2)cn1. The van der Waals surface area contributed by atoms with Crippen LogP contribution in [0.2, 0.25) is 0 Å². The number of aryl methyl sites for hydroxylation is 1. The topological polar surface area (TPSA) is 92.7 Å². The number of hydrogen-bond acceptors (Lipinski definition) is 8. The second-order valence-corrected chi connectivity index (χ2v) is 7.65. The van der Waals surface area contributed by atoms with Crippen LogP contribution >= 0.6 is 0 Å². The largest absolute Gasteiger partial charge is 0.497 e. The molecule has 33 heavy (non-hydrogen) atoms. The van der Waals surface area contributed by atoms with Crippen molar-refractivity contribution < 1.29 is 14.3 Å². The third-order valence-electron chi connectivity index (χ3n) is 5.33. The van der Waals surface area contributed by atoms with Crippen molar-refractivity contribution in [2.24, 2.45) is 0 Å². The molecule has 0 bridgehead atoms. The molecule has 2 aromatic heterocycles. The van der Waals surface area contributed by atoms with Gasteiger partial charge in [0.25, 0.3) is 5.91 Å². The van der Waals surface area contributed by atoms with E-state index in [1.54, 1.807) is 25.4 Å². The van der Waals surface area contributed by atoms with Crippen LogP contribution in [0.4, 0.5) is 17.5 Å². The highest BCUT2D eigenvalue weighted by molar-refractivity contribution is 5.94. The first-order valence-electron chi connectivity index (χ1n) is 11.0. The first-order valence-corrected chi connectivity index (χ1v) is 11.0. The van der Waals surface area contributed by atoms with E-state index < -0.39 is 0 Å². The average molecular weight is 449 g/mol. The van der Waals surface area contributed by atoms with Crippen molar-refractivity contribution in [3.05, 3.63) is 59.9 Å². The van der Waals surface area contributed by atoms with E-state index in [1.807, 2.05) is 49.1 Å². The summed E-state index contributed by atoms with van der Waals surface area (Å²) >= 11 is 0. The van der Waals surface area contributed by atoms with Gasteiger partial charge in [0.05, 0.1) is 19.3 Å². The quantitative estimate of drug-likeness (QED) is 0.589. The van der Waals surface area contributed by atoms with E-state index in [0.29, 0.717) is 50.2 Å². The van der Waals surface area contributed by atoms with Crippen molar-refractivity contribution in [2.75, 3.05) is 50.1 Å². The Bertz CT molecular complexity index is 1080. The van der Waals surface area contributed by atoms with E-state index in [9.17, 15) is 4.79 Å². The molecule has 9 nitrogen and oxygen atoms in total. The molecule has 3 aromatic rings. The minimum Gasteiger partial charge on any atom is -0.497 e. The molecule has 1 aliphatic rings. The monoisotopic (exact) mass is 448 g/mol. The fourth-order valence-electron chi connectivity index (χ4n) is 3.61. The second-order valence-electron chi connectivity index (χ2n) is 7.65. The van der Waals surface area contributed by atoms with E-state index >= 15 is 0 Å². The van der Waals surface area contributed by atoms with Crippen molar-refractivity contribution in [1.82, 2.24) is 19.9 Å². The molecule has 1 N–H and O–H groups in total. The van der Waals surface area contributed by atoms with Gasteiger partial charge >= 0.3 is 0 Å². The Morgan fingerprint density at radius 3 is 2.45 bits per heavy atom. The van der Waals surface area contributed by atoms with E-state index in [-0.39, 0.29) is 5.91 Å². The van der Waals surface area contributed by atoms with Gasteiger partial charge in [0.1, 0.15) is 11.6 Å². The number of carbonyl (C=O) groups is 1. The van der Waals surface area contributed by atoms with E-state index in [2.05, 4.69) is 20.2 Å². The summed E-state index contributed by atoms with van der Waals surface area (Å²) in [6.07, 6.45) is 1.57. The molecule has 0 atom stereocenters. The number of rotatable bonds is 7. The molecular formula is C24H28N6O3. The summed E-state index contributed by atoms with van der Waals surface area (Å²) in [6, 6.07) is 13.1. The summed E-state index contributed by atoms with van der Waals surface area (Å²) in [5.41, 5.74) is 2.35. The number of piperazine rings is 1. The molecule has 172 valence electrons. The summed E-state index contributed by atoms with van der Waals surface area (Å²) in [6.45, 7) is 6.87. The zero-order valence-corrected chi connectivity index (χ0v) is 19.1. The fraction of sp³-hybridized carbons (Fsp3) is 0.333. The lowest BCUT2D eigenvalue weighted by Crippen LogP contribution is -2.49. The molecule has 1 saturated heterocycles. The molecule has 0 unspecified atom stereocenters. The van der Waals surface area contributed by atoms with Gasteiger partial charge in [-0.15, -0.1) is 0 Å². The van der Waals surface area contributed by atoms with Crippen LogP contribution in [-0.2, 0) is 0 Å². The van der Waals surface area contributed by atoms with Crippen LogP contribution < -0.4 is 19.7 Å². The minimum atomic E-state index is -0.0304. The number of aromatic nitrogens is 3. The van der Waals surface area contributed by atoms with Gasteiger partial charge in [0.2, 0.25) is 11.8 Å². The molecular weight excluding hydrogens is 420 g/mol. The molecule has 1 fully saturated rings. The molecule has 3 heterocycles. The van der Waals surface area contributed by atoms with Gasteiger partial charge in [-0.3, -0.25) is 4.79 Å².